The first-order chi connectivity index (χ1) is 5.78. The lowest BCUT2D eigenvalue weighted by atomic mass is 9.47. The second-order valence-corrected chi connectivity index (χ2v) is 4.95. The minimum atomic E-state index is -0.556. The van der Waals surface area contributed by atoms with Gasteiger partial charge in [0, 0.05) is 31.1 Å². The first-order valence-corrected chi connectivity index (χ1v) is 4.64. The van der Waals surface area contributed by atoms with Gasteiger partial charge in [0.25, 0.3) is 0 Å². The van der Waals surface area contributed by atoms with Crippen molar-refractivity contribution in [3.05, 3.63) is 0 Å². The molecule has 0 atom stereocenters. The summed E-state index contributed by atoms with van der Waals surface area (Å²) in [5, 5.41) is 0. The third kappa shape index (κ3) is 0.901. The van der Waals surface area contributed by atoms with Crippen LogP contribution >= 0.6 is 0 Å². The summed E-state index contributed by atoms with van der Waals surface area (Å²) in [5.74, 6) is -0.556. The van der Waals surface area contributed by atoms with Crippen LogP contribution in [0, 0.1) is 10.8 Å². The number of methoxy groups -OCH3 is 2. The Morgan fingerprint density at radius 3 is 1.38 bits per heavy atom. The molecule has 2 N–H and O–H groups in total. The molecule has 3 heteroatoms. The van der Waals surface area contributed by atoms with Gasteiger partial charge in [0.2, 0.25) is 0 Å². The zero-order valence-corrected chi connectivity index (χ0v) is 9.47. The fourth-order valence-electron chi connectivity index (χ4n) is 3.20. The summed E-state index contributed by atoms with van der Waals surface area (Å²) in [5.41, 5.74) is 5.82. The van der Waals surface area contributed by atoms with E-state index in [-0.39, 0.29) is 16.9 Å². The number of ether oxygens (including phenoxy) is 2. The van der Waals surface area contributed by atoms with Gasteiger partial charge in [-0.1, -0.05) is 27.7 Å². The molecule has 1 fully saturated rings. The molecular formula is C10H21NO2. The molecule has 0 heterocycles. The molecule has 13 heavy (non-hydrogen) atoms. The Morgan fingerprint density at radius 2 is 1.23 bits per heavy atom. The highest BCUT2D eigenvalue weighted by Crippen LogP contribution is 2.62. The van der Waals surface area contributed by atoms with Crippen molar-refractivity contribution in [2.75, 3.05) is 14.2 Å². The highest BCUT2D eigenvalue weighted by molar-refractivity contribution is 5.18. The van der Waals surface area contributed by atoms with E-state index in [2.05, 4.69) is 27.7 Å². The van der Waals surface area contributed by atoms with E-state index in [4.69, 9.17) is 15.2 Å². The lowest BCUT2D eigenvalue weighted by molar-refractivity contribution is -0.397. The maximum atomic E-state index is 6.10. The van der Waals surface area contributed by atoms with Crippen LogP contribution in [0.15, 0.2) is 0 Å². The van der Waals surface area contributed by atoms with Gasteiger partial charge < -0.3 is 15.2 Å². The second kappa shape index (κ2) is 2.69. The number of nitrogens with two attached hydrogens (primary N) is 1. The zero-order chi connectivity index (χ0) is 10.5. The van der Waals surface area contributed by atoms with E-state index < -0.39 is 5.79 Å². The van der Waals surface area contributed by atoms with E-state index in [1.54, 1.807) is 14.2 Å². The first kappa shape index (κ1) is 11.0. The Labute approximate surface area is 80.6 Å². The summed E-state index contributed by atoms with van der Waals surface area (Å²) in [6, 6.07) is 0.0971. The standard InChI is InChI=1S/C10H21NO2/c1-8(2)7(11)9(3,4)10(8,12-5)13-6/h7H,11H2,1-6H3. The van der Waals surface area contributed by atoms with E-state index in [1.165, 1.54) is 0 Å². The van der Waals surface area contributed by atoms with E-state index in [1.807, 2.05) is 0 Å². The van der Waals surface area contributed by atoms with Crippen molar-refractivity contribution in [2.24, 2.45) is 16.6 Å². The van der Waals surface area contributed by atoms with Gasteiger partial charge in [0.05, 0.1) is 0 Å². The van der Waals surface area contributed by atoms with Gasteiger partial charge in [-0.15, -0.1) is 0 Å². The van der Waals surface area contributed by atoms with Gasteiger partial charge in [-0.2, -0.15) is 0 Å². The molecule has 0 saturated heterocycles. The van der Waals surface area contributed by atoms with Crippen LogP contribution in [0.25, 0.3) is 0 Å². The lowest BCUT2D eigenvalue weighted by Crippen LogP contribution is -2.80. The van der Waals surface area contributed by atoms with E-state index in [9.17, 15) is 0 Å². The minimum Gasteiger partial charge on any atom is -0.352 e. The molecule has 78 valence electrons. The van der Waals surface area contributed by atoms with Crippen molar-refractivity contribution < 1.29 is 9.47 Å². The number of hydrogen-bond acceptors (Lipinski definition) is 3. The number of rotatable bonds is 2. The lowest BCUT2D eigenvalue weighted by Gasteiger charge is -2.68. The molecule has 0 aromatic rings. The summed E-state index contributed by atoms with van der Waals surface area (Å²) in [6.07, 6.45) is 0. The second-order valence-electron chi connectivity index (χ2n) is 4.95. The predicted octanol–water partition coefficient (Wildman–Crippen LogP) is 1.37. The fraction of sp³-hybridized carbons (Fsp3) is 1.00. The van der Waals surface area contributed by atoms with Crippen LogP contribution in [-0.4, -0.2) is 26.0 Å². The quantitative estimate of drug-likeness (QED) is 0.664. The highest BCUT2D eigenvalue weighted by atomic mass is 16.7. The maximum Gasteiger partial charge on any atom is 0.180 e. The van der Waals surface area contributed by atoms with Crippen LogP contribution in [0.3, 0.4) is 0 Å². The van der Waals surface area contributed by atoms with Crippen molar-refractivity contribution in [2.45, 2.75) is 39.5 Å². The Bertz CT molecular complexity index is 189. The molecule has 1 rings (SSSR count). The van der Waals surface area contributed by atoms with E-state index in [0.29, 0.717) is 0 Å². The average Bonchev–Trinajstić information content (AvgIpc) is 2.05. The maximum absolute atomic E-state index is 6.10. The Hall–Kier alpha value is -0.120. The van der Waals surface area contributed by atoms with Crippen LogP contribution in [0.1, 0.15) is 27.7 Å². The zero-order valence-electron chi connectivity index (χ0n) is 9.47. The van der Waals surface area contributed by atoms with Crippen LogP contribution < -0.4 is 5.73 Å². The topological polar surface area (TPSA) is 44.5 Å². The van der Waals surface area contributed by atoms with Crippen molar-refractivity contribution >= 4 is 0 Å². The van der Waals surface area contributed by atoms with Crippen LogP contribution in [0.4, 0.5) is 0 Å². The smallest absolute Gasteiger partial charge is 0.180 e. The summed E-state index contributed by atoms with van der Waals surface area (Å²) < 4.78 is 11.0. The third-order valence-corrected chi connectivity index (χ3v) is 3.83. The Morgan fingerprint density at radius 1 is 0.923 bits per heavy atom. The van der Waals surface area contributed by atoms with E-state index >= 15 is 0 Å². The molecule has 1 aliphatic carbocycles. The molecular weight excluding hydrogens is 166 g/mol. The van der Waals surface area contributed by atoms with Gasteiger partial charge in [0.15, 0.2) is 5.79 Å². The molecule has 0 aromatic carbocycles. The summed E-state index contributed by atoms with van der Waals surface area (Å²) in [4.78, 5) is 0. The molecule has 0 aliphatic heterocycles. The first-order valence-electron chi connectivity index (χ1n) is 4.64. The van der Waals surface area contributed by atoms with Crippen molar-refractivity contribution in [1.29, 1.82) is 0 Å². The van der Waals surface area contributed by atoms with Crippen molar-refractivity contribution in [3.8, 4) is 0 Å². The molecule has 0 bridgehead atoms. The van der Waals surface area contributed by atoms with E-state index in [0.717, 1.165) is 0 Å². The molecule has 0 unspecified atom stereocenters. The summed E-state index contributed by atoms with van der Waals surface area (Å²) in [6.45, 7) is 8.32. The van der Waals surface area contributed by atoms with Crippen LogP contribution in [-0.2, 0) is 9.47 Å². The average molecular weight is 187 g/mol. The van der Waals surface area contributed by atoms with Crippen molar-refractivity contribution in [1.82, 2.24) is 0 Å². The fourth-order valence-corrected chi connectivity index (χ4v) is 3.20. The molecule has 1 aliphatic rings. The van der Waals surface area contributed by atoms with Crippen LogP contribution in [0.5, 0.6) is 0 Å². The SMILES string of the molecule is COC1(OC)C(C)(C)C(N)C1(C)C. The Kier molecular flexibility index (Phi) is 2.26. The highest BCUT2D eigenvalue weighted by Gasteiger charge is 2.72. The van der Waals surface area contributed by atoms with Gasteiger partial charge in [-0.25, -0.2) is 0 Å². The van der Waals surface area contributed by atoms with Crippen molar-refractivity contribution in [3.63, 3.8) is 0 Å². The molecule has 0 aromatic heterocycles. The Balaban J connectivity index is 3.08. The molecule has 0 radical (unpaired) electrons. The van der Waals surface area contributed by atoms with Crippen LogP contribution in [0.2, 0.25) is 0 Å². The predicted molar refractivity (Wildman–Crippen MR) is 52.3 cm³/mol. The third-order valence-electron chi connectivity index (χ3n) is 3.83. The largest absolute Gasteiger partial charge is 0.352 e. The normalized spacial score (nSPS) is 29.8. The monoisotopic (exact) mass is 187 g/mol. The molecule has 0 spiro atoms. The molecule has 1 saturated carbocycles. The summed E-state index contributed by atoms with van der Waals surface area (Å²) >= 11 is 0. The van der Waals surface area contributed by atoms with Gasteiger partial charge >= 0.3 is 0 Å². The molecule has 3 nitrogen and oxygen atoms in total. The molecule has 0 amide bonds. The van der Waals surface area contributed by atoms with Gasteiger partial charge in [-0.3, -0.25) is 0 Å². The van der Waals surface area contributed by atoms with Gasteiger partial charge in [0.1, 0.15) is 0 Å². The summed E-state index contributed by atoms with van der Waals surface area (Å²) in [7, 11) is 3.36. The number of hydrogen-bond donors (Lipinski definition) is 1. The minimum absolute atomic E-state index is 0.0971. The van der Waals surface area contributed by atoms with Gasteiger partial charge in [-0.05, 0) is 0 Å².